The molecule has 2 amide bonds. The first kappa shape index (κ1) is 32.2. The molecular formula is C35H44FN3O4. The van der Waals surface area contributed by atoms with Gasteiger partial charge in [-0.2, -0.15) is 0 Å². The Morgan fingerprint density at radius 1 is 1.12 bits per heavy atom. The molecule has 4 rings (SSSR count). The number of likely N-dealkylation sites (tertiary alicyclic amines) is 1. The van der Waals surface area contributed by atoms with Gasteiger partial charge in [0.05, 0.1) is 12.7 Å². The minimum absolute atomic E-state index is 0.0838. The summed E-state index contributed by atoms with van der Waals surface area (Å²) in [6, 6.07) is 20.2. The molecule has 0 aromatic heterocycles. The lowest BCUT2D eigenvalue weighted by atomic mass is 9.72. The van der Waals surface area contributed by atoms with Crippen molar-refractivity contribution >= 4 is 12.0 Å². The van der Waals surface area contributed by atoms with Gasteiger partial charge in [-0.3, -0.25) is 4.79 Å². The number of nitrogens with zero attached hydrogens (tertiary/aromatic N) is 1. The van der Waals surface area contributed by atoms with Gasteiger partial charge in [0.2, 0.25) is 0 Å². The van der Waals surface area contributed by atoms with Crippen molar-refractivity contribution in [2.75, 3.05) is 33.8 Å². The Labute approximate surface area is 254 Å². The lowest BCUT2D eigenvalue weighted by Gasteiger charge is -2.43. The minimum Gasteiger partial charge on any atom is -0.453 e. The Morgan fingerprint density at radius 2 is 1.86 bits per heavy atom. The number of nitrogens with one attached hydrogen (secondary N) is 2. The molecular weight excluding hydrogens is 545 g/mol. The van der Waals surface area contributed by atoms with E-state index in [-0.39, 0.29) is 30.7 Å². The number of carbonyl (C=O) groups excluding carboxylic acids is 2. The zero-order chi connectivity index (χ0) is 31.0. The van der Waals surface area contributed by atoms with Crippen LogP contribution in [0.25, 0.3) is 11.1 Å². The van der Waals surface area contributed by atoms with E-state index in [0.717, 1.165) is 11.1 Å². The van der Waals surface area contributed by atoms with E-state index < -0.39 is 17.5 Å². The lowest BCUT2D eigenvalue weighted by molar-refractivity contribution is -0.0564. The molecule has 8 heteroatoms. The highest BCUT2D eigenvalue weighted by Crippen LogP contribution is 2.44. The maximum atomic E-state index is 15.8. The lowest BCUT2D eigenvalue weighted by Crippen LogP contribution is -2.48. The number of amides is 2. The summed E-state index contributed by atoms with van der Waals surface area (Å²) in [5.74, 6) is -0.584. The van der Waals surface area contributed by atoms with Crippen LogP contribution < -0.4 is 10.6 Å². The fourth-order valence-corrected chi connectivity index (χ4v) is 6.11. The van der Waals surface area contributed by atoms with Crippen LogP contribution in [-0.2, 0) is 16.9 Å². The summed E-state index contributed by atoms with van der Waals surface area (Å²) < 4.78 is 20.5. The Hall–Kier alpha value is -3.75. The minimum atomic E-state index is -1.46. The van der Waals surface area contributed by atoms with Gasteiger partial charge >= 0.3 is 6.09 Å². The monoisotopic (exact) mass is 589 g/mol. The first-order chi connectivity index (χ1) is 20.7. The summed E-state index contributed by atoms with van der Waals surface area (Å²) in [4.78, 5) is 27.1. The molecule has 7 nitrogen and oxygen atoms in total. The fraction of sp³-hybridized carbons (Fsp3) is 0.429. The number of aliphatic hydroxyl groups is 1. The summed E-state index contributed by atoms with van der Waals surface area (Å²) in [6.07, 6.45) is 1.54. The van der Waals surface area contributed by atoms with Crippen molar-refractivity contribution in [3.8, 4) is 11.1 Å². The number of ether oxygens (including phenoxy) is 1. The molecule has 0 radical (unpaired) electrons. The molecule has 3 aromatic rings. The van der Waals surface area contributed by atoms with Crippen molar-refractivity contribution in [2.45, 2.75) is 57.6 Å². The van der Waals surface area contributed by atoms with Crippen molar-refractivity contribution in [3.63, 3.8) is 0 Å². The van der Waals surface area contributed by atoms with Crippen molar-refractivity contribution in [2.24, 2.45) is 5.92 Å². The summed E-state index contributed by atoms with van der Waals surface area (Å²) >= 11 is 0. The highest BCUT2D eigenvalue weighted by atomic mass is 19.1. The van der Waals surface area contributed by atoms with Gasteiger partial charge in [-0.25, -0.2) is 9.18 Å². The Balaban J connectivity index is 1.70. The second kappa shape index (κ2) is 14.6. The number of methoxy groups -OCH3 is 1. The number of benzene rings is 3. The fourth-order valence-electron chi connectivity index (χ4n) is 6.11. The molecule has 3 aromatic carbocycles. The predicted octanol–water partition coefficient (Wildman–Crippen LogP) is 6.21. The Kier molecular flexibility index (Phi) is 10.9. The third kappa shape index (κ3) is 7.61. The van der Waals surface area contributed by atoms with Crippen LogP contribution >= 0.6 is 0 Å². The molecule has 230 valence electrons. The quantitative estimate of drug-likeness (QED) is 0.231. The van der Waals surface area contributed by atoms with E-state index in [4.69, 9.17) is 4.74 Å². The van der Waals surface area contributed by atoms with E-state index in [0.29, 0.717) is 61.2 Å². The van der Waals surface area contributed by atoms with Gasteiger partial charge in [-0.05, 0) is 79.1 Å². The summed E-state index contributed by atoms with van der Waals surface area (Å²) in [7, 11) is 3.18. The van der Waals surface area contributed by atoms with E-state index in [2.05, 4.69) is 24.5 Å². The molecule has 1 aliphatic heterocycles. The normalized spacial score (nSPS) is 16.5. The number of halogens is 1. The third-order valence-corrected chi connectivity index (χ3v) is 8.48. The number of hydrogen-bond donors (Lipinski definition) is 3. The molecule has 43 heavy (non-hydrogen) atoms. The second-order valence-corrected chi connectivity index (χ2v) is 11.7. The zero-order valence-electron chi connectivity index (χ0n) is 25.7. The number of carbonyl (C=O) groups is 2. The van der Waals surface area contributed by atoms with Crippen LogP contribution in [0.15, 0.2) is 66.7 Å². The van der Waals surface area contributed by atoms with Gasteiger partial charge in [0.15, 0.2) is 0 Å². The first-order valence-corrected chi connectivity index (χ1v) is 15.1. The van der Waals surface area contributed by atoms with Gasteiger partial charge in [0.25, 0.3) is 5.91 Å². The highest BCUT2D eigenvalue weighted by Gasteiger charge is 2.43. The van der Waals surface area contributed by atoms with Crippen molar-refractivity contribution < 1.29 is 23.8 Å². The Morgan fingerprint density at radius 3 is 2.56 bits per heavy atom. The zero-order valence-corrected chi connectivity index (χ0v) is 25.7. The van der Waals surface area contributed by atoms with Crippen LogP contribution in [0.4, 0.5) is 9.18 Å². The van der Waals surface area contributed by atoms with Gasteiger partial charge in [-0.15, -0.1) is 0 Å². The van der Waals surface area contributed by atoms with Gasteiger partial charge in [0, 0.05) is 43.2 Å². The average Bonchev–Trinajstić information content (AvgIpc) is 3.03. The second-order valence-electron chi connectivity index (χ2n) is 11.7. The number of piperidine rings is 1. The molecule has 0 aliphatic carbocycles. The Bertz CT molecular complexity index is 1390. The number of alkyl carbamates (subject to hydrolysis) is 1. The van der Waals surface area contributed by atoms with E-state index in [1.807, 2.05) is 55.6 Å². The van der Waals surface area contributed by atoms with Crippen LogP contribution in [0.1, 0.15) is 72.5 Å². The van der Waals surface area contributed by atoms with Gasteiger partial charge in [0.1, 0.15) is 5.82 Å². The molecule has 0 bridgehead atoms. The maximum Gasteiger partial charge on any atom is 0.406 e. The molecule has 3 N–H and O–H groups in total. The van der Waals surface area contributed by atoms with Crippen LogP contribution in [0.3, 0.4) is 0 Å². The van der Waals surface area contributed by atoms with Gasteiger partial charge in [-0.1, -0.05) is 62.4 Å². The van der Waals surface area contributed by atoms with Crippen LogP contribution in [0.2, 0.25) is 0 Å². The highest BCUT2D eigenvalue weighted by molar-refractivity contribution is 5.94. The topological polar surface area (TPSA) is 90.9 Å². The van der Waals surface area contributed by atoms with Crippen LogP contribution in [-0.4, -0.2) is 55.8 Å². The molecule has 1 saturated heterocycles. The molecule has 2 atom stereocenters. The predicted molar refractivity (Wildman–Crippen MR) is 167 cm³/mol. The summed E-state index contributed by atoms with van der Waals surface area (Å²) in [5.41, 5.74) is 2.88. The standard InChI is InChI=1S/C35H44FN3O4/c1-24(2)27-9-5-10-28(21-27)32-30(12-6-13-31(32)36)35(42,18-8-19-38-34(41)43-4)29-11-7-20-39(23-29)33(40)26-16-14-25(15-17-26)22-37-3/h5-6,9-10,12-17,21,24,29,37,42H,7-8,11,18-20,22-23H2,1-4H3,(H,38,41)/t29-,35+/m1/s1. The van der Waals surface area contributed by atoms with E-state index >= 15 is 4.39 Å². The summed E-state index contributed by atoms with van der Waals surface area (Å²) in [5, 5.41) is 18.5. The van der Waals surface area contributed by atoms with Crippen molar-refractivity contribution in [1.29, 1.82) is 0 Å². The third-order valence-electron chi connectivity index (χ3n) is 8.48. The van der Waals surface area contributed by atoms with Crippen LogP contribution in [0.5, 0.6) is 0 Å². The SMILES string of the molecule is CNCc1ccc(C(=O)N2CCC[C@@H]([C@@](O)(CCCNC(=O)OC)c3cccc(F)c3-c3cccc(C(C)C)c3)C2)cc1. The summed E-state index contributed by atoms with van der Waals surface area (Å²) in [6.45, 7) is 6.10. The smallest absolute Gasteiger partial charge is 0.406 e. The van der Waals surface area contributed by atoms with Crippen LogP contribution in [0, 0.1) is 11.7 Å². The van der Waals surface area contributed by atoms with E-state index in [1.165, 1.54) is 13.2 Å². The van der Waals surface area contributed by atoms with E-state index in [9.17, 15) is 14.7 Å². The molecule has 1 aliphatic rings. The maximum absolute atomic E-state index is 15.8. The number of hydrogen-bond acceptors (Lipinski definition) is 5. The molecule has 1 heterocycles. The number of rotatable bonds is 11. The molecule has 1 fully saturated rings. The van der Waals surface area contributed by atoms with Crippen molar-refractivity contribution in [1.82, 2.24) is 15.5 Å². The molecule has 0 unspecified atom stereocenters. The molecule has 0 saturated carbocycles. The van der Waals surface area contributed by atoms with E-state index in [1.54, 1.807) is 17.0 Å². The van der Waals surface area contributed by atoms with Crippen molar-refractivity contribution in [3.05, 3.63) is 94.8 Å². The first-order valence-electron chi connectivity index (χ1n) is 15.1. The molecule has 0 spiro atoms. The largest absolute Gasteiger partial charge is 0.453 e. The average molecular weight is 590 g/mol. The van der Waals surface area contributed by atoms with Gasteiger partial charge < -0.3 is 25.4 Å².